The number of benzene rings is 1. The predicted molar refractivity (Wildman–Crippen MR) is 79.7 cm³/mol. The fourth-order valence-corrected chi connectivity index (χ4v) is 2.11. The molecule has 0 spiro atoms. The largest absolute Gasteiger partial charge is 0.493 e. The van der Waals surface area contributed by atoms with Gasteiger partial charge in [-0.15, -0.1) is 0 Å². The first-order valence-electron chi connectivity index (χ1n) is 7.10. The molecule has 0 aliphatic heterocycles. The van der Waals surface area contributed by atoms with Crippen molar-refractivity contribution in [3.05, 3.63) is 59.9 Å². The van der Waals surface area contributed by atoms with Crippen LogP contribution in [0, 0.1) is 0 Å². The van der Waals surface area contributed by atoms with Gasteiger partial charge in [0.1, 0.15) is 5.75 Å². The Hall–Kier alpha value is -1.87. The normalized spacial score (nSPS) is 12.1. The standard InChI is InChI=1S/C17H21NO2/c1-2-13-20-17-6-4-3-5-15(17)16(19)8-7-14-9-11-18-12-10-14/h3-6,9-12,16,19H,2,7-8,13H2,1H3. The molecule has 0 radical (unpaired) electrons. The highest BCUT2D eigenvalue weighted by Crippen LogP contribution is 2.28. The maximum Gasteiger partial charge on any atom is 0.125 e. The molecule has 2 aromatic rings. The number of aryl methyl sites for hydroxylation is 1. The van der Waals surface area contributed by atoms with Crippen molar-refractivity contribution in [1.29, 1.82) is 0 Å². The number of rotatable bonds is 7. The summed E-state index contributed by atoms with van der Waals surface area (Å²) in [7, 11) is 0. The summed E-state index contributed by atoms with van der Waals surface area (Å²) >= 11 is 0. The highest BCUT2D eigenvalue weighted by Gasteiger charge is 2.13. The average molecular weight is 271 g/mol. The van der Waals surface area contributed by atoms with E-state index in [4.69, 9.17) is 4.74 Å². The summed E-state index contributed by atoms with van der Waals surface area (Å²) in [6.07, 6.45) is 5.51. The van der Waals surface area contributed by atoms with Gasteiger partial charge in [0.2, 0.25) is 0 Å². The first kappa shape index (κ1) is 14.5. The summed E-state index contributed by atoms with van der Waals surface area (Å²) < 4.78 is 5.69. The number of ether oxygens (including phenoxy) is 1. The van der Waals surface area contributed by atoms with E-state index in [1.807, 2.05) is 36.4 Å². The van der Waals surface area contributed by atoms with E-state index in [1.165, 1.54) is 5.56 Å². The van der Waals surface area contributed by atoms with E-state index >= 15 is 0 Å². The molecule has 1 aromatic heterocycles. The van der Waals surface area contributed by atoms with Crippen molar-refractivity contribution in [3.63, 3.8) is 0 Å². The van der Waals surface area contributed by atoms with Crippen molar-refractivity contribution in [2.75, 3.05) is 6.61 Å². The van der Waals surface area contributed by atoms with Crippen LogP contribution in [0.3, 0.4) is 0 Å². The molecule has 0 aliphatic rings. The summed E-state index contributed by atoms with van der Waals surface area (Å²) in [5.74, 6) is 0.788. The molecular weight excluding hydrogens is 250 g/mol. The van der Waals surface area contributed by atoms with Crippen molar-refractivity contribution in [3.8, 4) is 5.75 Å². The minimum Gasteiger partial charge on any atom is -0.493 e. The Labute approximate surface area is 120 Å². The highest BCUT2D eigenvalue weighted by atomic mass is 16.5. The molecular formula is C17H21NO2. The van der Waals surface area contributed by atoms with E-state index in [2.05, 4.69) is 11.9 Å². The second-order valence-electron chi connectivity index (χ2n) is 4.80. The Bertz CT molecular complexity index is 513. The lowest BCUT2D eigenvalue weighted by Crippen LogP contribution is -2.04. The molecule has 0 aliphatic carbocycles. The number of nitrogens with zero attached hydrogens (tertiary/aromatic N) is 1. The Morgan fingerprint density at radius 3 is 2.65 bits per heavy atom. The molecule has 1 N–H and O–H groups in total. The van der Waals surface area contributed by atoms with Gasteiger partial charge in [0.05, 0.1) is 12.7 Å². The summed E-state index contributed by atoms with van der Waals surface area (Å²) in [5.41, 5.74) is 2.06. The van der Waals surface area contributed by atoms with Gasteiger partial charge < -0.3 is 9.84 Å². The van der Waals surface area contributed by atoms with Crippen molar-refractivity contribution in [1.82, 2.24) is 4.98 Å². The van der Waals surface area contributed by atoms with Gasteiger partial charge in [0, 0.05) is 18.0 Å². The molecule has 0 fully saturated rings. The molecule has 0 saturated heterocycles. The van der Waals surface area contributed by atoms with Crippen molar-refractivity contribution < 1.29 is 9.84 Å². The lowest BCUT2D eigenvalue weighted by Gasteiger charge is -2.16. The maximum absolute atomic E-state index is 10.4. The van der Waals surface area contributed by atoms with E-state index in [0.717, 1.165) is 24.2 Å². The van der Waals surface area contributed by atoms with Crippen LogP contribution in [0.4, 0.5) is 0 Å². The minimum atomic E-state index is -0.503. The molecule has 3 heteroatoms. The topological polar surface area (TPSA) is 42.4 Å². The van der Waals surface area contributed by atoms with Crippen LogP contribution in [0.2, 0.25) is 0 Å². The van der Waals surface area contributed by atoms with Gasteiger partial charge in [-0.05, 0) is 43.0 Å². The third kappa shape index (κ3) is 4.07. The molecule has 3 nitrogen and oxygen atoms in total. The van der Waals surface area contributed by atoms with Gasteiger partial charge >= 0.3 is 0 Å². The van der Waals surface area contributed by atoms with Crippen LogP contribution in [-0.4, -0.2) is 16.7 Å². The quantitative estimate of drug-likeness (QED) is 0.837. The summed E-state index contributed by atoms with van der Waals surface area (Å²) in [5, 5.41) is 10.4. The fraction of sp³-hybridized carbons (Fsp3) is 0.353. The monoisotopic (exact) mass is 271 g/mol. The summed E-state index contributed by atoms with van der Waals surface area (Å²) in [4.78, 5) is 4.00. The lowest BCUT2D eigenvalue weighted by molar-refractivity contribution is 0.161. The smallest absolute Gasteiger partial charge is 0.125 e. The lowest BCUT2D eigenvalue weighted by atomic mass is 10.0. The van der Waals surface area contributed by atoms with Gasteiger partial charge in [0.25, 0.3) is 0 Å². The highest BCUT2D eigenvalue weighted by molar-refractivity contribution is 5.35. The molecule has 0 amide bonds. The molecule has 0 saturated carbocycles. The number of aromatic nitrogens is 1. The van der Waals surface area contributed by atoms with Gasteiger partial charge in [-0.25, -0.2) is 0 Å². The van der Waals surface area contributed by atoms with E-state index in [9.17, 15) is 5.11 Å². The third-order valence-corrected chi connectivity index (χ3v) is 3.20. The van der Waals surface area contributed by atoms with Crippen LogP contribution in [0.1, 0.15) is 37.0 Å². The van der Waals surface area contributed by atoms with Crippen molar-refractivity contribution in [2.24, 2.45) is 0 Å². The van der Waals surface area contributed by atoms with Crippen molar-refractivity contribution in [2.45, 2.75) is 32.3 Å². The number of hydrogen-bond acceptors (Lipinski definition) is 3. The number of pyridine rings is 1. The zero-order valence-corrected chi connectivity index (χ0v) is 11.8. The van der Waals surface area contributed by atoms with Gasteiger partial charge in [-0.1, -0.05) is 25.1 Å². The molecule has 106 valence electrons. The van der Waals surface area contributed by atoms with E-state index in [-0.39, 0.29) is 0 Å². The van der Waals surface area contributed by atoms with Crippen LogP contribution >= 0.6 is 0 Å². The van der Waals surface area contributed by atoms with Crippen molar-refractivity contribution >= 4 is 0 Å². The van der Waals surface area contributed by atoms with E-state index in [0.29, 0.717) is 13.0 Å². The number of para-hydroxylation sites is 1. The second kappa shape index (κ2) is 7.65. The zero-order valence-electron chi connectivity index (χ0n) is 11.8. The van der Waals surface area contributed by atoms with Crippen LogP contribution in [0.15, 0.2) is 48.8 Å². The Morgan fingerprint density at radius 1 is 1.15 bits per heavy atom. The van der Waals surface area contributed by atoms with E-state index < -0.39 is 6.10 Å². The molecule has 0 bridgehead atoms. The number of aliphatic hydroxyl groups is 1. The third-order valence-electron chi connectivity index (χ3n) is 3.20. The summed E-state index contributed by atoms with van der Waals surface area (Å²) in [6.45, 7) is 2.75. The molecule has 1 unspecified atom stereocenters. The minimum absolute atomic E-state index is 0.503. The van der Waals surface area contributed by atoms with Crippen LogP contribution in [0.5, 0.6) is 5.75 Å². The molecule has 1 heterocycles. The number of aliphatic hydroxyl groups excluding tert-OH is 1. The van der Waals surface area contributed by atoms with Crippen LogP contribution in [-0.2, 0) is 6.42 Å². The predicted octanol–water partition coefficient (Wildman–Crippen LogP) is 3.54. The molecule has 1 atom stereocenters. The molecule has 20 heavy (non-hydrogen) atoms. The van der Waals surface area contributed by atoms with Gasteiger partial charge in [-0.2, -0.15) is 0 Å². The number of hydrogen-bond donors (Lipinski definition) is 1. The fourth-order valence-electron chi connectivity index (χ4n) is 2.11. The Morgan fingerprint density at radius 2 is 1.90 bits per heavy atom. The van der Waals surface area contributed by atoms with E-state index in [1.54, 1.807) is 12.4 Å². The molecule has 2 rings (SSSR count). The SMILES string of the molecule is CCCOc1ccccc1C(O)CCc1ccncc1. The first-order valence-corrected chi connectivity index (χ1v) is 7.10. The van der Waals surface area contributed by atoms with Crippen LogP contribution in [0.25, 0.3) is 0 Å². The Kier molecular flexibility index (Phi) is 5.56. The summed E-state index contributed by atoms with van der Waals surface area (Å²) in [6, 6.07) is 11.7. The molecule has 1 aromatic carbocycles. The van der Waals surface area contributed by atoms with Crippen LogP contribution < -0.4 is 4.74 Å². The van der Waals surface area contributed by atoms with Gasteiger partial charge in [-0.3, -0.25) is 4.98 Å². The Balaban J connectivity index is 1.99. The zero-order chi connectivity index (χ0) is 14.2. The first-order chi connectivity index (χ1) is 9.81. The maximum atomic E-state index is 10.4. The average Bonchev–Trinajstić information content (AvgIpc) is 2.52. The van der Waals surface area contributed by atoms with Gasteiger partial charge in [0.15, 0.2) is 0 Å². The second-order valence-corrected chi connectivity index (χ2v) is 4.80.